The first-order valence-corrected chi connectivity index (χ1v) is 16.4. The second-order valence-corrected chi connectivity index (χ2v) is 15.0. The predicted molar refractivity (Wildman–Crippen MR) is 164 cm³/mol. The van der Waals surface area contributed by atoms with Gasteiger partial charge in [-0.1, -0.05) is 68.7 Å². The fourth-order valence-corrected chi connectivity index (χ4v) is 11.7. The highest BCUT2D eigenvalue weighted by Crippen LogP contribution is 2.91. The fourth-order valence-electron chi connectivity index (χ4n) is 11.7. The summed E-state index contributed by atoms with van der Waals surface area (Å²) in [4.78, 5) is 0. The maximum absolute atomic E-state index is 12.1. The van der Waals surface area contributed by atoms with Crippen molar-refractivity contribution in [3.63, 3.8) is 0 Å². The van der Waals surface area contributed by atoms with Crippen LogP contribution in [0.4, 0.5) is 0 Å². The summed E-state index contributed by atoms with van der Waals surface area (Å²) in [6.07, 6.45) is 19.5. The number of aliphatic hydroxyl groups excluding tert-OH is 1. The molecule has 1 heterocycles. The van der Waals surface area contributed by atoms with Crippen molar-refractivity contribution < 1.29 is 14.9 Å². The molecule has 2 spiro atoms. The summed E-state index contributed by atoms with van der Waals surface area (Å²) < 4.78 is 6.58. The van der Waals surface area contributed by atoms with E-state index in [4.69, 9.17) is 4.74 Å². The lowest BCUT2D eigenvalue weighted by atomic mass is 9.42. The Kier molecular flexibility index (Phi) is 8.92. The van der Waals surface area contributed by atoms with E-state index in [0.717, 1.165) is 30.4 Å². The zero-order chi connectivity index (χ0) is 29.8. The maximum atomic E-state index is 12.1. The number of fused-ring (bicyclic) bond motifs is 3. The van der Waals surface area contributed by atoms with Crippen LogP contribution in [0, 0.1) is 57.7 Å². The molecule has 3 nitrogen and oxygen atoms in total. The Labute approximate surface area is 242 Å². The molecule has 1 aliphatic heterocycles. The van der Waals surface area contributed by atoms with E-state index in [1.165, 1.54) is 50.5 Å². The summed E-state index contributed by atoms with van der Waals surface area (Å²) in [6, 6.07) is 0. The van der Waals surface area contributed by atoms with Crippen molar-refractivity contribution in [2.75, 3.05) is 0 Å². The van der Waals surface area contributed by atoms with Crippen molar-refractivity contribution in [2.24, 2.45) is 44.8 Å². The van der Waals surface area contributed by atoms with Crippen molar-refractivity contribution in [1.82, 2.24) is 0 Å². The molecule has 5 aliphatic carbocycles. The molecule has 6 rings (SSSR count). The molecule has 0 bridgehead atoms. The summed E-state index contributed by atoms with van der Waals surface area (Å²) in [5.41, 5.74) is 1.98. The van der Waals surface area contributed by atoms with Crippen LogP contribution in [-0.4, -0.2) is 28.0 Å². The topological polar surface area (TPSA) is 49.7 Å². The number of ether oxygens (including phenoxy) is 1. The molecule has 0 radical (unpaired) electrons. The van der Waals surface area contributed by atoms with Crippen molar-refractivity contribution in [1.29, 1.82) is 0 Å². The average Bonchev–Trinajstić information content (AvgIpc) is 3.37. The van der Waals surface area contributed by atoms with Crippen LogP contribution in [0.15, 0.2) is 11.3 Å². The average molecular weight is 543 g/mol. The molecule has 4 fully saturated rings. The molecule has 9 atom stereocenters. The molecule has 3 heteroatoms. The smallest absolute Gasteiger partial charge is 0.125 e. The third-order valence-electron chi connectivity index (χ3n) is 13.1. The predicted octanol–water partition coefficient (Wildman–Crippen LogP) is 8.92. The van der Waals surface area contributed by atoms with Crippen LogP contribution in [0.2, 0.25) is 0 Å². The second-order valence-electron chi connectivity index (χ2n) is 15.0. The van der Waals surface area contributed by atoms with E-state index in [0.29, 0.717) is 28.6 Å². The van der Waals surface area contributed by atoms with Gasteiger partial charge in [0, 0.05) is 17.3 Å². The Hall–Kier alpha value is -0.980. The van der Waals surface area contributed by atoms with E-state index >= 15 is 0 Å². The molecule has 0 aromatic heterocycles. The molecule has 4 saturated carbocycles. The maximum Gasteiger partial charge on any atom is 0.125 e. The third kappa shape index (κ3) is 4.12. The summed E-state index contributed by atoms with van der Waals surface area (Å²) in [6.45, 7) is 24.3. The van der Waals surface area contributed by atoms with Gasteiger partial charge >= 0.3 is 0 Å². The van der Waals surface area contributed by atoms with E-state index < -0.39 is 11.7 Å². The SMILES string of the molecule is C#C.CC.CC.C[C@@H]1C23CCCC(C)(C)C2CC[C@@H]2[C@]13CC[C@]1(C)C3=C(O[C@@H](CC(C)(C)O)CC3)[C@H](O)[C@@]21C. The molecular weight excluding hydrogens is 480 g/mol. The second kappa shape index (κ2) is 10.7. The van der Waals surface area contributed by atoms with E-state index in [1.807, 2.05) is 41.5 Å². The third-order valence-corrected chi connectivity index (χ3v) is 13.1. The van der Waals surface area contributed by atoms with Crippen LogP contribution < -0.4 is 0 Å². The lowest BCUT2D eigenvalue weighted by Gasteiger charge is -2.62. The largest absolute Gasteiger partial charge is 0.492 e. The first-order valence-electron chi connectivity index (χ1n) is 16.4. The Morgan fingerprint density at radius 1 is 0.872 bits per heavy atom. The quantitative estimate of drug-likeness (QED) is 0.342. The van der Waals surface area contributed by atoms with Gasteiger partial charge in [-0.3, -0.25) is 0 Å². The van der Waals surface area contributed by atoms with Gasteiger partial charge in [0.2, 0.25) is 0 Å². The van der Waals surface area contributed by atoms with E-state index in [2.05, 4.69) is 47.5 Å². The minimum Gasteiger partial charge on any atom is -0.492 e. The molecule has 0 aromatic carbocycles. The molecule has 0 aromatic rings. The highest BCUT2D eigenvalue weighted by molar-refractivity contribution is 5.42. The van der Waals surface area contributed by atoms with Crippen molar-refractivity contribution in [2.45, 2.75) is 158 Å². The molecule has 224 valence electrons. The molecule has 2 N–H and O–H groups in total. The van der Waals surface area contributed by atoms with Gasteiger partial charge in [0.15, 0.2) is 0 Å². The fraction of sp³-hybridized carbons (Fsp3) is 0.889. The molecule has 2 unspecified atom stereocenters. The van der Waals surface area contributed by atoms with Gasteiger partial charge in [-0.05, 0) is 105 Å². The van der Waals surface area contributed by atoms with Crippen LogP contribution >= 0.6 is 0 Å². The normalized spacial score (nSPS) is 46.4. The lowest BCUT2D eigenvalue weighted by molar-refractivity contribution is -0.160. The Bertz CT molecular complexity index is 939. The zero-order valence-corrected chi connectivity index (χ0v) is 27.4. The van der Waals surface area contributed by atoms with Gasteiger partial charge in [-0.15, -0.1) is 12.8 Å². The van der Waals surface area contributed by atoms with Crippen molar-refractivity contribution in [3.05, 3.63) is 11.3 Å². The minimum atomic E-state index is -0.737. The highest BCUT2D eigenvalue weighted by Gasteiger charge is 2.86. The lowest BCUT2D eigenvalue weighted by Crippen LogP contribution is -2.58. The number of terminal acetylenes is 1. The standard InChI is InChI=1S/C30H48O3.2C2H6.C2H2/c1-18-29-14-8-13-25(2,3)21(29)11-12-22-28(7)24(31)23-20(27(28,6)15-16-30(18,22)29)10-9-19(33-23)17-26(4,5)32;3*1-2/h18-19,21-22,24,31-32H,8-17H2,1-7H3;2*1-2H3;1-2H/t18-,19-,21?,22+,24+,27-,28-,29?,30+;;;/m1.../s1. The van der Waals surface area contributed by atoms with Gasteiger partial charge in [-0.2, -0.15) is 0 Å². The number of hydrogen-bond acceptors (Lipinski definition) is 3. The van der Waals surface area contributed by atoms with Gasteiger partial charge < -0.3 is 14.9 Å². The molecular formula is C36H62O3. The summed E-state index contributed by atoms with van der Waals surface area (Å²) in [7, 11) is 0. The van der Waals surface area contributed by atoms with E-state index in [-0.39, 0.29) is 16.9 Å². The summed E-state index contributed by atoms with van der Waals surface area (Å²) >= 11 is 0. The zero-order valence-electron chi connectivity index (χ0n) is 27.4. The van der Waals surface area contributed by atoms with Gasteiger partial charge in [0.05, 0.1) is 5.60 Å². The van der Waals surface area contributed by atoms with Crippen LogP contribution in [0.5, 0.6) is 0 Å². The minimum absolute atomic E-state index is 0.0146. The highest BCUT2D eigenvalue weighted by atomic mass is 16.5. The van der Waals surface area contributed by atoms with Gasteiger partial charge in [0.25, 0.3) is 0 Å². The molecule has 0 saturated heterocycles. The Morgan fingerprint density at radius 2 is 1.44 bits per heavy atom. The van der Waals surface area contributed by atoms with Crippen molar-refractivity contribution >= 4 is 0 Å². The molecule has 6 aliphatic rings. The Balaban J connectivity index is 0.000000657. The van der Waals surface area contributed by atoms with E-state index in [9.17, 15) is 10.2 Å². The number of aliphatic hydroxyl groups is 2. The molecule has 0 amide bonds. The van der Waals surface area contributed by atoms with Crippen LogP contribution in [0.25, 0.3) is 0 Å². The summed E-state index contributed by atoms with van der Waals surface area (Å²) in [5, 5.41) is 22.5. The number of hydrogen-bond donors (Lipinski definition) is 2. The van der Waals surface area contributed by atoms with Crippen LogP contribution in [0.1, 0.15) is 140 Å². The number of allylic oxidation sites excluding steroid dienone is 1. The first-order chi connectivity index (χ1) is 18.3. The van der Waals surface area contributed by atoms with E-state index in [1.54, 1.807) is 0 Å². The van der Waals surface area contributed by atoms with Gasteiger partial charge in [0.1, 0.15) is 18.0 Å². The first kappa shape index (κ1) is 32.5. The van der Waals surface area contributed by atoms with Crippen molar-refractivity contribution in [3.8, 4) is 12.8 Å². The van der Waals surface area contributed by atoms with Crippen LogP contribution in [-0.2, 0) is 4.74 Å². The van der Waals surface area contributed by atoms with Gasteiger partial charge in [-0.25, -0.2) is 0 Å². The monoisotopic (exact) mass is 542 g/mol. The molecule has 39 heavy (non-hydrogen) atoms. The van der Waals surface area contributed by atoms with Crippen LogP contribution in [0.3, 0.4) is 0 Å². The number of rotatable bonds is 2. The Morgan fingerprint density at radius 3 is 2.03 bits per heavy atom. The summed E-state index contributed by atoms with van der Waals surface area (Å²) in [5.74, 6) is 3.13.